The van der Waals surface area contributed by atoms with Crippen molar-refractivity contribution >= 4 is 11.3 Å². The van der Waals surface area contributed by atoms with Gasteiger partial charge in [0, 0.05) is 11.6 Å². The van der Waals surface area contributed by atoms with Crippen molar-refractivity contribution in [1.82, 2.24) is 4.48 Å². The maximum Gasteiger partial charge on any atom is 0.140 e. The Hall–Kier alpha value is -1.28. The van der Waals surface area contributed by atoms with Gasteiger partial charge in [-0.15, -0.1) is 0 Å². The summed E-state index contributed by atoms with van der Waals surface area (Å²) in [5.74, 6) is 0.927. The minimum atomic E-state index is 0.117. The number of methoxy groups -OCH3 is 1. The molecule has 2 nitrogen and oxygen atoms in total. The Morgan fingerprint density at radius 2 is 1.82 bits per heavy atom. The van der Waals surface area contributed by atoms with Gasteiger partial charge in [0.25, 0.3) is 0 Å². The van der Waals surface area contributed by atoms with Crippen LogP contribution in [-0.4, -0.2) is 26.7 Å². The fourth-order valence-corrected chi connectivity index (χ4v) is 2.52. The first-order valence-corrected chi connectivity index (χ1v) is 6.02. The number of allylic oxidation sites excluding steroid dienone is 1. The third kappa shape index (κ3) is 1.67. The lowest BCUT2D eigenvalue weighted by Gasteiger charge is -2.46. The zero-order valence-electron chi connectivity index (χ0n) is 11.7. The third-order valence-corrected chi connectivity index (χ3v) is 4.24. The van der Waals surface area contributed by atoms with Crippen molar-refractivity contribution < 1.29 is 4.74 Å². The van der Waals surface area contributed by atoms with Gasteiger partial charge in [-0.2, -0.15) is 0 Å². The van der Waals surface area contributed by atoms with Crippen LogP contribution in [0.15, 0.2) is 24.3 Å². The van der Waals surface area contributed by atoms with Gasteiger partial charge in [0.05, 0.1) is 21.2 Å². The molecule has 0 unspecified atom stereocenters. The van der Waals surface area contributed by atoms with Gasteiger partial charge in [-0.1, -0.05) is 0 Å². The Labute approximate surface area is 104 Å². The van der Waals surface area contributed by atoms with E-state index in [0.29, 0.717) is 0 Å². The predicted molar refractivity (Wildman–Crippen MR) is 74.4 cm³/mol. The normalized spacial score (nSPS) is 20.5. The molecular formula is C15H22NO+. The summed E-state index contributed by atoms with van der Waals surface area (Å²) in [6.45, 7) is 6.74. The van der Waals surface area contributed by atoms with Crippen molar-refractivity contribution in [3.05, 3.63) is 29.8 Å². The molecule has 0 spiro atoms. The molecule has 0 aliphatic carbocycles. The van der Waals surface area contributed by atoms with Crippen LogP contribution in [0.2, 0.25) is 0 Å². The quantitative estimate of drug-likeness (QED) is 0.674. The molecule has 1 aromatic carbocycles. The Morgan fingerprint density at radius 1 is 1.18 bits per heavy atom. The van der Waals surface area contributed by atoms with E-state index in [9.17, 15) is 0 Å². The van der Waals surface area contributed by atoms with Gasteiger partial charge in [0.2, 0.25) is 0 Å². The second-order valence-corrected chi connectivity index (χ2v) is 5.82. The van der Waals surface area contributed by atoms with E-state index in [2.05, 4.69) is 53.1 Å². The molecule has 0 fully saturated rings. The molecular weight excluding hydrogens is 210 g/mol. The van der Waals surface area contributed by atoms with Crippen molar-refractivity contribution in [3.63, 3.8) is 0 Å². The Kier molecular flexibility index (Phi) is 2.58. The highest BCUT2D eigenvalue weighted by molar-refractivity contribution is 5.80. The highest BCUT2D eigenvalue weighted by atomic mass is 16.5. The molecule has 2 heteroatoms. The van der Waals surface area contributed by atoms with Crippen LogP contribution in [0.5, 0.6) is 5.75 Å². The largest absolute Gasteiger partial charge is 0.497 e. The fourth-order valence-electron chi connectivity index (χ4n) is 2.52. The highest BCUT2D eigenvalue weighted by Crippen LogP contribution is 2.43. The van der Waals surface area contributed by atoms with Gasteiger partial charge in [-0.25, -0.2) is 0 Å². The van der Waals surface area contributed by atoms with Crippen LogP contribution in [0.1, 0.15) is 26.3 Å². The van der Waals surface area contributed by atoms with E-state index in [1.54, 1.807) is 7.11 Å². The number of ether oxygens (including phenoxy) is 1. The summed E-state index contributed by atoms with van der Waals surface area (Å²) in [7, 11) is 6.23. The van der Waals surface area contributed by atoms with E-state index >= 15 is 0 Å². The maximum atomic E-state index is 5.31. The number of nitrogens with zero attached hydrogens (tertiary/aromatic N) is 1. The molecule has 1 aromatic rings. The molecule has 92 valence electrons. The van der Waals surface area contributed by atoms with Gasteiger partial charge < -0.3 is 4.74 Å². The second-order valence-electron chi connectivity index (χ2n) is 5.82. The van der Waals surface area contributed by atoms with Crippen LogP contribution in [0.25, 0.3) is 5.57 Å². The first-order valence-electron chi connectivity index (χ1n) is 6.02. The molecule has 0 amide bonds. The van der Waals surface area contributed by atoms with E-state index in [4.69, 9.17) is 4.74 Å². The second kappa shape index (κ2) is 3.61. The number of likely N-dealkylation sites (N-methyl/N-ethyl adjacent to an activating group) is 1. The number of quaternary nitrogens is 1. The van der Waals surface area contributed by atoms with Gasteiger partial charge in [-0.3, -0.25) is 4.48 Å². The van der Waals surface area contributed by atoms with Crippen LogP contribution in [0, 0.1) is 0 Å². The Balaban J connectivity index is 2.68. The minimum Gasteiger partial charge on any atom is -0.497 e. The highest BCUT2D eigenvalue weighted by Gasteiger charge is 2.41. The maximum absolute atomic E-state index is 5.31. The molecule has 1 aliphatic heterocycles. The molecule has 0 radical (unpaired) electrons. The summed E-state index contributed by atoms with van der Waals surface area (Å²) in [5, 5.41) is 0. The van der Waals surface area contributed by atoms with Crippen molar-refractivity contribution in [2.75, 3.05) is 21.2 Å². The average molecular weight is 232 g/mol. The Morgan fingerprint density at radius 3 is 2.41 bits per heavy atom. The molecule has 1 heterocycles. The summed E-state index contributed by atoms with van der Waals surface area (Å²) < 4.78 is 6.18. The van der Waals surface area contributed by atoms with Gasteiger partial charge in [0.15, 0.2) is 0 Å². The van der Waals surface area contributed by atoms with Crippen LogP contribution >= 0.6 is 0 Å². The molecule has 0 atom stereocenters. The lowest BCUT2D eigenvalue weighted by molar-refractivity contribution is 0.247. The summed E-state index contributed by atoms with van der Waals surface area (Å²) in [5.41, 5.74) is 4.11. The molecule has 0 saturated heterocycles. The fraction of sp³-hybridized carbons (Fsp3) is 0.467. The van der Waals surface area contributed by atoms with Crippen molar-refractivity contribution in [2.24, 2.45) is 0 Å². The molecule has 1 aliphatic rings. The zero-order chi connectivity index (χ0) is 12.8. The van der Waals surface area contributed by atoms with Crippen molar-refractivity contribution in [1.29, 1.82) is 0 Å². The van der Waals surface area contributed by atoms with E-state index in [1.165, 1.54) is 16.8 Å². The molecule has 0 aromatic heterocycles. The van der Waals surface area contributed by atoms with E-state index < -0.39 is 0 Å². The van der Waals surface area contributed by atoms with Crippen LogP contribution in [0.4, 0.5) is 5.69 Å². The number of fused-ring (bicyclic) bond motifs is 1. The summed E-state index contributed by atoms with van der Waals surface area (Å²) in [4.78, 5) is 0. The first-order chi connectivity index (χ1) is 7.79. The average Bonchev–Trinajstić information content (AvgIpc) is 2.25. The van der Waals surface area contributed by atoms with Crippen molar-refractivity contribution in [3.8, 4) is 5.75 Å². The predicted octanol–water partition coefficient (Wildman–Crippen LogP) is 3.46. The lowest BCUT2D eigenvalue weighted by atomic mass is 9.87. The summed E-state index contributed by atoms with van der Waals surface area (Å²) >= 11 is 0. The van der Waals surface area contributed by atoms with E-state index in [0.717, 1.165) is 10.2 Å². The number of hydrogen-bond acceptors (Lipinski definition) is 1. The number of rotatable bonds is 1. The molecule has 2 rings (SSSR count). The van der Waals surface area contributed by atoms with Gasteiger partial charge in [0.1, 0.15) is 17.0 Å². The standard InChI is InChI=1S/C15H22NO/c1-11-10-15(2,3)16(4,5)14-8-7-12(17-6)9-13(11)14/h7-10H,1-6H3/q+1. The Bertz CT molecular complexity index is 484. The zero-order valence-corrected chi connectivity index (χ0v) is 11.7. The molecule has 0 bridgehead atoms. The molecule has 0 N–H and O–H groups in total. The topological polar surface area (TPSA) is 9.23 Å². The molecule has 17 heavy (non-hydrogen) atoms. The summed E-state index contributed by atoms with van der Waals surface area (Å²) in [6, 6.07) is 6.37. The van der Waals surface area contributed by atoms with Crippen LogP contribution < -0.4 is 9.22 Å². The van der Waals surface area contributed by atoms with Gasteiger partial charge >= 0.3 is 0 Å². The molecule has 0 saturated carbocycles. The SMILES string of the molecule is COc1ccc2c(c1)C(C)=CC(C)(C)[N+]2(C)C. The lowest BCUT2D eigenvalue weighted by Crippen LogP contribution is -2.58. The van der Waals surface area contributed by atoms with Crippen LogP contribution in [-0.2, 0) is 0 Å². The number of benzene rings is 1. The smallest absolute Gasteiger partial charge is 0.140 e. The summed E-state index contributed by atoms with van der Waals surface area (Å²) in [6.07, 6.45) is 2.36. The van der Waals surface area contributed by atoms with E-state index in [1.807, 2.05) is 6.07 Å². The first kappa shape index (κ1) is 12.2. The minimum absolute atomic E-state index is 0.117. The number of hydrogen-bond donors (Lipinski definition) is 0. The monoisotopic (exact) mass is 232 g/mol. The van der Waals surface area contributed by atoms with Gasteiger partial charge in [-0.05, 0) is 44.6 Å². The third-order valence-electron chi connectivity index (χ3n) is 4.24. The van der Waals surface area contributed by atoms with Crippen LogP contribution in [0.3, 0.4) is 0 Å². The van der Waals surface area contributed by atoms with Crippen molar-refractivity contribution in [2.45, 2.75) is 26.3 Å². The van der Waals surface area contributed by atoms with E-state index in [-0.39, 0.29) is 5.54 Å².